The average Bonchev–Trinajstić information content (AvgIpc) is 2.41. The smallest absolute Gasteiger partial charge is 0.354 e. The van der Waals surface area contributed by atoms with Gasteiger partial charge in [0.05, 0.1) is 11.3 Å². The van der Waals surface area contributed by atoms with E-state index in [1.807, 2.05) is 28.6 Å². The van der Waals surface area contributed by atoms with Crippen LogP contribution in [0.25, 0.3) is 5.69 Å². The zero-order valence-electron chi connectivity index (χ0n) is 12.0. The first-order chi connectivity index (χ1) is 9.38. The Morgan fingerprint density at radius 3 is 2.50 bits per heavy atom. The molecule has 0 atom stereocenters. The Hall–Kier alpha value is -2.55. The minimum Gasteiger partial charge on any atom is -0.383 e. The molecule has 0 bridgehead atoms. The molecule has 20 heavy (non-hydrogen) atoms. The summed E-state index contributed by atoms with van der Waals surface area (Å²) in [6, 6.07) is 3.74. The fourth-order valence-electron chi connectivity index (χ4n) is 2.32. The first kappa shape index (κ1) is 13.9. The van der Waals surface area contributed by atoms with Gasteiger partial charge in [0.2, 0.25) is 0 Å². The van der Waals surface area contributed by atoms with E-state index in [4.69, 9.17) is 5.73 Å². The Kier molecular flexibility index (Phi) is 3.37. The van der Waals surface area contributed by atoms with E-state index in [1.165, 1.54) is 4.57 Å². The van der Waals surface area contributed by atoms with Gasteiger partial charge in [-0.1, -0.05) is 11.0 Å². The molecule has 1 heterocycles. The lowest BCUT2D eigenvalue weighted by atomic mass is 9.81. The fourth-order valence-corrected chi connectivity index (χ4v) is 2.32. The Bertz CT molecular complexity index is 802. The van der Waals surface area contributed by atoms with Gasteiger partial charge in [0.15, 0.2) is 0 Å². The van der Waals surface area contributed by atoms with Crippen LogP contribution in [0.1, 0.15) is 22.3 Å². The van der Waals surface area contributed by atoms with Crippen LogP contribution in [-0.2, 0) is 0 Å². The van der Waals surface area contributed by atoms with Crippen molar-refractivity contribution in [2.45, 2.75) is 20.8 Å². The second kappa shape index (κ2) is 4.85. The van der Waals surface area contributed by atoms with Crippen LogP contribution in [0.3, 0.4) is 0 Å². The molecule has 0 aliphatic heterocycles. The Balaban J connectivity index is 2.95. The van der Waals surface area contributed by atoms with Crippen molar-refractivity contribution in [3.8, 4) is 11.8 Å². The molecule has 6 heteroatoms. The molecule has 0 amide bonds. The third kappa shape index (κ3) is 1.97. The second-order valence-corrected chi connectivity index (χ2v) is 4.84. The second-order valence-electron chi connectivity index (χ2n) is 4.84. The molecule has 2 N–H and O–H groups in total. The van der Waals surface area contributed by atoms with Crippen LogP contribution in [0.5, 0.6) is 0 Å². The highest BCUT2D eigenvalue weighted by molar-refractivity contribution is 6.35. The van der Waals surface area contributed by atoms with Crippen LogP contribution in [0.15, 0.2) is 17.1 Å². The molecular weight excluding hydrogens is 251 g/mol. The van der Waals surface area contributed by atoms with Crippen LogP contribution < -0.4 is 16.9 Å². The van der Waals surface area contributed by atoms with Crippen LogP contribution in [0.2, 0.25) is 0 Å². The molecule has 0 aliphatic rings. The molecule has 0 unspecified atom stereocenters. The van der Waals surface area contributed by atoms with Gasteiger partial charge in [-0.05, 0) is 38.0 Å². The summed E-state index contributed by atoms with van der Waals surface area (Å²) in [5, 5.41) is 9.44. The van der Waals surface area contributed by atoms with E-state index < -0.39 is 5.69 Å². The summed E-state index contributed by atoms with van der Waals surface area (Å²) in [6.07, 6.45) is 1.56. The highest BCUT2D eigenvalue weighted by Gasteiger charge is 2.17. The molecule has 2 aromatic rings. The Morgan fingerprint density at radius 1 is 1.30 bits per heavy atom. The molecule has 0 fully saturated rings. The first-order valence-electron chi connectivity index (χ1n) is 6.24. The monoisotopic (exact) mass is 266 g/mol. The van der Waals surface area contributed by atoms with E-state index in [-0.39, 0.29) is 5.82 Å². The summed E-state index contributed by atoms with van der Waals surface area (Å²) < 4.78 is 1.38. The van der Waals surface area contributed by atoms with Crippen molar-refractivity contribution in [1.29, 1.82) is 5.26 Å². The van der Waals surface area contributed by atoms with Crippen LogP contribution in [-0.4, -0.2) is 17.4 Å². The maximum Gasteiger partial charge on any atom is 0.354 e. The summed E-state index contributed by atoms with van der Waals surface area (Å²) in [5.74, 6) is 0.169. The van der Waals surface area contributed by atoms with Gasteiger partial charge in [0.25, 0.3) is 0 Å². The number of nitrogen functional groups attached to an aromatic ring is 1. The lowest BCUT2D eigenvalue weighted by Gasteiger charge is -2.18. The lowest BCUT2D eigenvalue weighted by molar-refractivity contribution is 0.907. The minimum absolute atomic E-state index is 0.169. The Morgan fingerprint density at radius 2 is 1.95 bits per heavy atom. The van der Waals surface area contributed by atoms with E-state index >= 15 is 0 Å². The van der Waals surface area contributed by atoms with E-state index in [0.29, 0.717) is 11.3 Å². The maximum atomic E-state index is 12.0. The normalized spacial score (nSPS) is 10.3. The number of nitriles is 1. The SMILES string of the molecule is Bc1c(C)c(C)c(C#N)c(-n2ccc(N)nc2=O)c1C. The first-order valence-corrected chi connectivity index (χ1v) is 6.24. The quantitative estimate of drug-likeness (QED) is 0.728. The minimum atomic E-state index is -0.479. The topological polar surface area (TPSA) is 84.7 Å². The fraction of sp³-hybridized carbons (Fsp3) is 0.214. The summed E-state index contributed by atoms with van der Waals surface area (Å²) >= 11 is 0. The van der Waals surface area contributed by atoms with E-state index in [9.17, 15) is 10.1 Å². The number of nitrogens with two attached hydrogens (primary N) is 1. The predicted octanol–water partition coefficient (Wildman–Crippen LogP) is -0.130. The molecule has 0 aliphatic carbocycles. The van der Waals surface area contributed by atoms with Crippen molar-refractivity contribution in [3.05, 3.63) is 45.0 Å². The number of anilines is 1. The molecule has 0 saturated heterocycles. The van der Waals surface area contributed by atoms with Crippen molar-refractivity contribution in [3.63, 3.8) is 0 Å². The van der Waals surface area contributed by atoms with Crippen LogP contribution in [0, 0.1) is 32.1 Å². The molecule has 5 nitrogen and oxygen atoms in total. The molecule has 1 aromatic carbocycles. The van der Waals surface area contributed by atoms with Crippen molar-refractivity contribution < 1.29 is 0 Å². The van der Waals surface area contributed by atoms with Gasteiger partial charge in [0, 0.05) is 6.20 Å². The van der Waals surface area contributed by atoms with Gasteiger partial charge in [-0.3, -0.25) is 4.57 Å². The summed E-state index contributed by atoms with van der Waals surface area (Å²) in [5.41, 5.74) is 10.0. The number of hydrogen-bond acceptors (Lipinski definition) is 4. The van der Waals surface area contributed by atoms with E-state index in [2.05, 4.69) is 11.1 Å². The van der Waals surface area contributed by atoms with Crippen molar-refractivity contribution >= 4 is 19.1 Å². The molecule has 0 saturated carbocycles. The van der Waals surface area contributed by atoms with E-state index in [1.54, 1.807) is 12.3 Å². The highest BCUT2D eigenvalue weighted by Crippen LogP contribution is 2.22. The maximum absolute atomic E-state index is 12.0. The molecule has 2 rings (SSSR count). The van der Waals surface area contributed by atoms with Gasteiger partial charge in [-0.15, -0.1) is 0 Å². The van der Waals surface area contributed by atoms with Crippen LogP contribution >= 0.6 is 0 Å². The summed E-state index contributed by atoms with van der Waals surface area (Å²) in [6.45, 7) is 5.77. The zero-order valence-corrected chi connectivity index (χ0v) is 12.0. The average molecular weight is 266 g/mol. The lowest BCUT2D eigenvalue weighted by Crippen LogP contribution is -2.27. The number of rotatable bonds is 1. The van der Waals surface area contributed by atoms with Gasteiger partial charge >= 0.3 is 5.69 Å². The highest BCUT2D eigenvalue weighted by atomic mass is 16.1. The molecule has 0 radical (unpaired) electrons. The van der Waals surface area contributed by atoms with Gasteiger partial charge in [0.1, 0.15) is 19.7 Å². The zero-order chi connectivity index (χ0) is 15.0. The molecule has 0 spiro atoms. The van der Waals surface area contributed by atoms with Gasteiger partial charge < -0.3 is 5.73 Å². The third-order valence-electron chi connectivity index (χ3n) is 3.83. The number of aromatic nitrogens is 2. The predicted molar refractivity (Wildman–Crippen MR) is 81.4 cm³/mol. The summed E-state index contributed by atoms with van der Waals surface area (Å²) in [7, 11) is 1.98. The number of hydrogen-bond donors (Lipinski definition) is 1. The van der Waals surface area contributed by atoms with Crippen LogP contribution in [0.4, 0.5) is 5.82 Å². The molecule has 1 aromatic heterocycles. The standard InChI is InChI=1S/C14H15BN4O/c1-7-8(2)12(15)9(3)13(10(7)6-16)19-5-4-11(17)18-14(19)20/h4-5H,15H2,1-3H3,(H2,17,18,20). The van der Waals surface area contributed by atoms with Crippen molar-refractivity contribution in [2.75, 3.05) is 5.73 Å². The van der Waals surface area contributed by atoms with Gasteiger partial charge in [-0.25, -0.2) is 4.79 Å². The Labute approximate surface area is 118 Å². The third-order valence-corrected chi connectivity index (χ3v) is 3.83. The molecular formula is C14H15BN4O. The number of nitrogens with zero attached hydrogens (tertiary/aromatic N) is 3. The molecule has 100 valence electrons. The van der Waals surface area contributed by atoms with Crippen molar-refractivity contribution in [1.82, 2.24) is 9.55 Å². The summed E-state index contributed by atoms with van der Waals surface area (Å²) in [4.78, 5) is 15.8. The van der Waals surface area contributed by atoms with Gasteiger partial charge in [-0.2, -0.15) is 10.2 Å². The number of benzene rings is 1. The largest absolute Gasteiger partial charge is 0.383 e. The van der Waals surface area contributed by atoms with Crippen molar-refractivity contribution in [2.24, 2.45) is 0 Å². The van der Waals surface area contributed by atoms with E-state index in [0.717, 1.165) is 22.2 Å².